The Morgan fingerprint density at radius 3 is 2.03 bits per heavy atom. The van der Waals surface area contributed by atoms with Gasteiger partial charge in [-0.15, -0.1) is 0 Å². The minimum Gasteiger partial charge on any atom is -0.452 e. The SMILES string of the molecule is C[C@@H](OC(=O)CCNC(=O)C12CC3CC(CC(C3)C1)C2)C(=O)NC(=O)NC(C)(C)C. The highest BCUT2D eigenvalue weighted by molar-refractivity contribution is 5.97. The van der Waals surface area contributed by atoms with Crippen LogP contribution >= 0.6 is 0 Å². The number of imide groups is 1. The van der Waals surface area contributed by atoms with Gasteiger partial charge in [-0.3, -0.25) is 19.7 Å². The second-order valence-corrected chi connectivity index (χ2v) is 10.5. The summed E-state index contributed by atoms with van der Waals surface area (Å²) < 4.78 is 5.09. The van der Waals surface area contributed by atoms with E-state index in [1.807, 2.05) is 0 Å². The number of carbonyl (C=O) groups is 4. The fraction of sp³-hybridized carbons (Fsp3) is 0.818. The molecule has 8 heteroatoms. The maximum atomic E-state index is 12.9. The van der Waals surface area contributed by atoms with E-state index < -0.39 is 29.6 Å². The van der Waals surface area contributed by atoms with Crippen molar-refractivity contribution in [1.82, 2.24) is 16.0 Å². The summed E-state index contributed by atoms with van der Waals surface area (Å²) in [4.78, 5) is 48.7. The van der Waals surface area contributed by atoms with Gasteiger partial charge in [-0.1, -0.05) is 0 Å². The molecule has 168 valence electrons. The lowest BCUT2D eigenvalue weighted by Gasteiger charge is -2.55. The van der Waals surface area contributed by atoms with Crippen molar-refractivity contribution in [2.45, 2.75) is 84.3 Å². The van der Waals surface area contributed by atoms with E-state index in [4.69, 9.17) is 4.74 Å². The summed E-state index contributed by atoms with van der Waals surface area (Å²) in [6, 6.07) is -0.641. The maximum absolute atomic E-state index is 12.9. The van der Waals surface area contributed by atoms with E-state index in [-0.39, 0.29) is 24.3 Å². The van der Waals surface area contributed by atoms with Crippen LogP contribution in [-0.2, 0) is 19.1 Å². The van der Waals surface area contributed by atoms with Crippen molar-refractivity contribution < 1.29 is 23.9 Å². The van der Waals surface area contributed by atoms with Crippen LogP contribution in [0.3, 0.4) is 0 Å². The van der Waals surface area contributed by atoms with Gasteiger partial charge in [0.1, 0.15) is 0 Å². The summed E-state index contributed by atoms with van der Waals surface area (Å²) in [5, 5.41) is 7.68. The van der Waals surface area contributed by atoms with Gasteiger partial charge >= 0.3 is 12.0 Å². The van der Waals surface area contributed by atoms with E-state index >= 15 is 0 Å². The van der Waals surface area contributed by atoms with Crippen molar-refractivity contribution in [1.29, 1.82) is 0 Å². The molecule has 0 unspecified atom stereocenters. The number of urea groups is 1. The Bertz CT molecular complexity index is 677. The molecule has 0 heterocycles. The van der Waals surface area contributed by atoms with Gasteiger partial charge in [0.2, 0.25) is 5.91 Å². The van der Waals surface area contributed by atoms with Crippen molar-refractivity contribution in [2.24, 2.45) is 23.2 Å². The van der Waals surface area contributed by atoms with Gasteiger partial charge in [-0.25, -0.2) is 4.79 Å². The van der Waals surface area contributed by atoms with Gasteiger partial charge in [0.15, 0.2) is 6.10 Å². The minimum atomic E-state index is -1.10. The van der Waals surface area contributed by atoms with Crippen LogP contribution in [-0.4, -0.2) is 42.0 Å². The number of esters is 1. The van der Waals surface area contributed by atoms with Crippen LogP contribution in [0.25, 0.3) is 0 Å². The molecule has 0 aromatic heterocycles. The fourth-order valence-electron chi connectivity index (χ4n) is 5.75. The molecule has 0 radical (unpaired) electrons. The first-order valence-electron chi connectivity index (χ1n) is 11.1. The van der Waals surface area contributed by atoms with Crippen molar-refractivity contribution in [2.75, 3.05) is 6.54 Å². The third-order valence-corrected chi connectivity index (χ3v) is 6.54. The molecule has 0 aromatic carbocycles. The molecule has 4 saturated carbocycles. The molecule has 4 aliphatic rings. The Morgan fingerprint density at radius 2 is 1.53 bits per heavy atom. The molecule has 4 amide bonds. The Hall–Kier alpha value is -2.12. The van der Waals surface area contributed by atoms with Crippen molar-refractivity contribution >= 4 is 23.8 Å². The zero-order valence-corrected chi connectivity index (χ0v) is 18.5. The molecular formula is C22H35N3O5. The summed E-state index contributed by atoms with van der Waals surface area (Å²) in [6.07, 6.45) is 5.63. The minimum absolute atomic E-state index is 0.0100. The monoisotopic (exact) mass is 421 g/mol. The second-order valence-electron chi connectivity index (χ2n) is 10.5. The first-order chi connectivity index (χ1) is 14.0. The molecule has 4 fully saturated rings. The van der Waals surface area contributed by atoms with Crippen LogP contribution in [0.5, 0.6) is 0 Å². The highest BCUT2D eigenvalue weighted by Gasteiger charge is 2.54. The lowest BCUT2D eigenvalue weighted by atomic mass is 9.49. The van der Waals surface area contributed by atoms with Crippen molar-refractivity contribution in [3.8, 4) is 0 Å². The molecule has 0 spiro atoms. The van der Waals surface area contributed by atoms with E-state index in [1.165, 1.54) is 26.2 Å². The highest BCUT2D eigenvalue weighted by Crippen LogP contribution is 2.60. The number of carbonyl (C=O) groups excluding carboxylic acids is 4. The van der Waals surface area contributed by atoms with Crippen LogP contribution in [0.15, 0.2) is 0 Å². The number of amides is 4. The number of hydrogen-bond donors (Lipinski definition) is 3. The topological polar surface area (TPSA) is 114 Å². The predicted molar refractivity (Wildman–Crippen MR) is 110 cm³/mol. The molecule has 30 heavy (non-hydrogen) atoms. The zero-order chi connectivity index (χ0) is 22.1. The lowest BCUT2D eigenvalue weighted by molar-refractivity contribution is -0.154. The van der Waals surface area contributed by atoms with E-state index in [0.29, 0.717) is 17.8 Å². The summed E-state index contributed by atoms with van der Waals surface area (Å²) in [7, 11) is 0. The van der Waals surface area contributed by atoms with Gasteiger partial charge in [-0.05, 0) is 84.0 Å². The Labute approximate surface area is 178 Å². The normalized spacial score (nSPS) is 30.3. The average Bonchev–Trinajstić information content (AvgIpc) is 2.58. The van der Waals surface area contributed by atoms with Crippen LogP contribution in [0, 0.1) is 23.2 Å². The summed E-state index contributed by atoms with van der Waals surface area (Å²) in [6.45, 7) is 6.97. The first kappa shape index (κ1) is 22.6. The van der Waals surface area contributed by atoms with E-state index in [2.05, 4.69) is 16.0 Å². The third kappa shape index (κ3) is 5.52. The molecular weight excluding hydrogens is 386 g/mol. The van der Waals surface area contributed by atoms with Gasteiger partial charge in [0, 0.05) is 17.5 Å². The average molecular weight is 422 g/mol. The molecule has 8 nitrogen and oxygen atoms in total. The molecule has 1 atom stereocenters. The number of rotatable bonds is 6. The summed E-state index contributed by atoms with van der Waals surface area (Å²) >= 11 is 0. The zero-order valence-electron chi connectivity index (χ0n) is 18.5. The smallest absolute Gasteiger partial charge is 0.321 e. The second kappa shape index (κ2) is 8.55. The van der Waals surface area contributed by atoms with Gasteiger partial charge in [0.25, 0.3) is 5.91 Å². The maximum Gasteiger partial charge on any atom is 0.321 e. The lowest BCUT2D eigenvalue weighted by Crippen LogP contribution is -2.53. The quantitative estimate of drug-likeness (QED) is 0.569. The molecule has 4 rings (SSSR count). The summed E-state index contributed by atoms with van der Waals surface area (Å²) in [5.74, 6) is 0.840. The van der Waals surface area contributed by atoms with Crippen molar-refractivity contribution in [3.05, 3.63) is 0 Å². The molecule has 0 saturated heterocycles. The van der Waals surface area contributed by atoms with Crippen LogP contribution in [0.4, 0.5) is 4.79 Å². The largest absolute Gasteiger partial charge is 0.452 e. The molecule has 0 aromatic rings. The number of hydrogen-bond acceptors (Lipinski definition) is 5. The molecule has 4 aliphatic carbocycles. The van der Waals surface area contributed by atoms with E-state index in [1.54, 1.807) is 20.8 Å². The Morgan fingerprint density at radius 1 is 1.00 bits per heavy atom. The van der Waals surface area contributed by atoms with Crippen LogP contribution < -0.4 is 16.0 Å². The van der Waals surface area contributed by atoms with E-state index in [0.717, 1.165) is 19.3 Å². The van der Waals surface area contributed by atoms with Gasteiger partial charge in [-0.2, -0.15) is 0 Å². The molecule has 0 aliphatic heterocycles. The predicted octanol–water partition coefficient (Wildman–Crippen LogP) is 2.27. The fourth-order valence-corrected chi connectivity index (χ4v) is 5.75. The van der Waals surface area contributed by atoms with Gasteiger partial charge < -0.3 is 15.4 Å². The van der Waals surface area contributed by atoms with Crippen molar-refractivity contribution in [3.63, 3.8) is 0 Å². The van der Waals surface area contributed by atoms with E-state index in [9.17, 15) is 19.2 Å². The Balaban J connectivity index is 1.38. The standard InChI is InChI=1S/C22H35N3O5/c1-13(18(27)24-20(29)25-21(2,3)4)30-17(26)5-6-23-19(28)22-10-14-7-15(11-22)9-16(8-14)12-22/h13-16H,5-12H2,1-4H3,(H,23,28)(H2,24,25,27,29)/t13-,14?,15?,16?,22?/m1/s1. The highest BCUT2D eigenvalue weighted by atomic mass is 16.5. The number of nitrogens with one attached hydrogen (secondary N) is 3. The van der Waals surface area contributed by atoms with Crippen LogP contribution in [0.2, 0.25) is 0 Å². The third-order valence-electron chi connectivity index (χ3n) is 6.54. The summed E-state index contributed by atoms with van der Waals surface area (Å²) in [5.41, 5.74) is -0.731. The molecule has 4 bridgehead atoms. The van der Waals surface area contributed by atoms with Crippen LogP contribution in [0.1, 0.15) is 72.6 Å². The van der Waals surface area contributed by atoms with Gasteiger partial charge in [0.05, 0.1) is 6.42 Å². The first-order valence-corrected chi connectivity index (χ1v) is 11.1. The molecule has 3 N–H and O–H groups in total. The Kier molecular flexibility index (Phi) is 6.43. The number of ether oxygens (including phenoxy) is 1.